The fourth-order valence-corrected chi connectivity index (χ4v) is 5.58. The van der Waals surface area contributed by atoms with Gasteiger partial charge in [0.2, 0.25) is 0 Å². The first kappa shape index (κ1) is 19.3. The van der Waals surface area contributed by atoms with Crippen molar-refractivity contribution in [3.05, 3.63) is 29.8 Å². The van der Waals surface area contributed by atoms with Crippen LogP contribution in [0.4, 0.5) is 5.69 Å². The normalized spacial score (nSPS) is 28.8. The highest BCUT2D eigenvalue weighted by molar-refractivity contribution is 5.45. The minimum Gasteiger partial charge on any atom is -0.385 e. The van der Waals surface area contributed by atoms with Crippen LogP contribution < -0.4 is 10.6 Å². The summed E-state index contributed by atoms with van der Waals surface area (Å²) in [6.45, 7) is 4.91. The Morgan fingerprint density at radius 1 is 0.926 bits per heavy atom. The highest BCUT2D eigenvalue weighted by Crippen LogP contribution is 2.40. The van der Waals surface area contributed by atoms with Gasteiger partial charge in [-0.15, -0.1) is 0 Å². The summed E-state index contributed by atoms with van der Waals surface area (Å²) in [5.41, 5.74) is 2.83. The lowest BCUT2D eigenvalue weighted by molar-refractivity contribution is 0.150. The molecule has 0 amide bonds. The smallest absolute Gasteiger partial charge is 0.0351 e. The van der Waals surface area contributed by atoms with Gasteiger partial charge in [-0.25, -0.2) is 0 Å². The molecule has 27 heavy (non-hydrogen) atoms. The molecular weight excluding hydrogens is 330 g/mol. The summed E-state index contributed by atoms with van der Waals surface area (Å²) in [6, 6.07) is 10.9. The second-order valence-electron chi connectivity index (χ2n) is 9.09. The summed E-state index contributed by atoms with van der Waals surface area (Å²) < 4.78 is 0. The van der Waals surface area contributed by atoms with Crippen molar-refractivity contribution >= 4 is 5.69 Å². The molecule has 3 saturated heterocycles. The number of nitrogens with zero attached hydrogens (tertiary/aromatic N) is 1. The van der Waals surface area contributed by atoms with E-state index in [1.54, 1.807) is 0 Å². The van der Waals surface area contributed by atoms with Gasteiger partial charge in [0.05, 0.1) is 0 Å². The minimum absolute atomic E-state index is 0.679. The molecule has 0 saturated carbocycles. The lowest BCUT2D eigenvalue weighted by Crippen LogP contribution is -2.35. The Labute approximate surface area is 166 Å². The van der Waals surface area contributed by atoms with Crippen molar-refractivity contribution in [3.63, 3.8) is 0 Å². The van der Waals surface area contributed by atoms with E-state index in [1.165, 1.54) is 102 Å². The zero-order valence-electron chi connectivity index (χ0n) is 17.1. The zero-order valence-corrected chi connectivity index (χ0v) is 17.1. The van der Waals surface area contributed by atoms with Crippen molar-refractivity contribution < 1.29 is 0 Å². The number of benzene rings is 1. The van der Waals surface area contributed by atoms with Crippen molar-refractivity contribution in [3.8, 4) is 0 Å². The van der Waals surface area contributed by atoms with Gasteiger partial charge in [0.25, 0.3) is 0 Å². The van der Waals surface area contributed by atoms with E-state index in [9.17, 15) is 0 Å². The number of hydrogen-bond donors (Lipinski definition) is 2. The van der Waals surface area contributed by atoms with Gasteiger partial charge in [-0.05, 0) is 94.6 Å². The van der Waals surface area contributed by atoms with Crippen LogP contribution in [0.3, 0.4) is 0 Å². The summed E-state index contributed by atoms with van der Waals surface area (Å²) in [7, 11) is 0. The van der Waals surface area contributed by atoms with Gasteiger partial charge in [0, 0.05) is 24.3 Å². The number of unbranched alkanes of at least 4 members (excludes halogenated alkanes) is 2. The SMILES string of the molecule is c1cc(C2CCC3CCCCN32)ccc1NCCCCCC1CCCNC1. The molecule has 3 heteroatoms. The van der Waals surface area contributed by atoms with Crippen LogP contribution >= 0.6 is 0 Å². The van der Waals surface area contributed by atoms with Crippen molar-refractivity contribution in [2.45, 2.75) is 82.7 Å². The van der Waals surface area contributed by atoms with E-state index in [1.807, 2.05) is 0 Å². The molecule has 3 aliphatic heterocycles. The van der Waals surface area contributed by atoms with Gasteiger partial charge >= 0.3 is 0 Å². The lowest BCUT2D eigenvalue weighted by Gasteiger charge is -2.34. The predicted molar refractivity (Wildman–Crippen MR) is 115 cm³/mol. The molecule has 1 aromatic carbocycles. The second-order valence-corrected chi connectivity index (χ2v) is 9.09. The number of nitrogens with one attached hydrogen (secondary N) is 2. The fraction of sp³-hybridized carbons (Fsp3) is 0.750. The van der Waals surface area contributed by atoms with Crippen molar-refractivity contribution in [1.82, 2.24) is 10.2 Å². The van der Waals surface area contributed by atoms with Gasteiger partial charge in [0.15, 0.2) is 0 Å². The van der Waals surface area contributed by atoms with Crippen molar-refractivity contribution in [2.75, 3.05) is 31.5 Å². The first-order chi connectivity index (χ1) is 13.4. The van der Waals surface area contributed by atoms with Crippen LogP contribution in [-0.4, -0.2) is 37.1 Å². The molecule has 3 aliphatic rings. The topological polar surface area (TPSA) is 27.3 Å². The maximum Gasteiger partial charge on any atom is 0.0351 e. The van der Waals surface area contributed by atoms with Crippen LogP contribution in [0.5, 0.6) is 0 Å². The molecule has 3 unspecified atom stereocenters. The molecule has 3 nitrogen and oxygen atoms in total. The molecule has 150 valence electrons. The molecule has 4 rings (SSSR count). The largest absolute Gasteiger partial charge is 0.385 e. The minimum atomic E-state index is 0.679. The van der Waals surface area contributed by atoms with E-state index in [-0.39, 0.29) is 0 Å². The predicted octanol–water partition coefficient (Wildman–Crippen LogP) is 5.35. The Morgan fingerprint density at radius 2 is 1.85 bits per heavy atom. The molecule has 3 fully saturated rings. The molecule has 3 heterocycles. The van der Waals surface area contributed by atoms with Gasteiger partial charge < -0.3 is 10.6 Å². The second kappa shape index (κ2) is 9.93. The Hall–Kier alpha value is -1.06. The average Bonchev–Trinajstić information content (AvgIpc) is 3.16. The summed E-state index contributed by atoms with van der Waals surface area (Å²) in [5, 5.41) is 7.16. The Balaban J connectivity index is 1.14. The summed E-state index contributed by atoms with van der Waals surface area (Å²) in [6.07, 6.45) is 15.3. The quantitative estimate of drug-likeness (QED) is 0.605. The third-order valence-corrected chi connectivity index (χ3v) is 7.16. The zero-order chi connectivity index (χ0) is 18.3. The lowest BCUT2D eigenvalue weighted by atomic mass is 9.94. The van der Waals surface area contributed by atoms with E-state index < -0.39 is 0 Å². The van der Waals surface area contributed by atoms with E-state index in [4.69, 9.17) is 0 Å². The van der Waals surface area contributed by atoms with Crippen LogP contribution in [-0.2, 0) is 0 Å². The van der Waals surface area contributed by atoms with Crippen LogP contribution in [0.1, 0.15) is 82.2 Å². The van der Waals surface area contributed by atoms with Crippen LogP contribution in [0.25, 0.3) is 0 Å². The van der Waals surface area contributed by atoms with Gasteiger partial charge in [-0.2, -0.15) is 0 Å². The van der Waals surface area contributed by atoms with Gasteiger partial charge in [-0.3, -0.25) is 4.90 Å². The van der Waals surface area contributed by atoms with Crippen LogP contribution in [0, 0.1) is 5.92 Å². The number of rotatable bonds is 8. The maximum atomic E-state index is 3.63. The molecular formula is C24H39N3. The number of piperidine rings is 2. The first-order valence-electron chi connectivity index (χ1n) is 11.7. The molecule has 1 aromatic rings. The molecule has 2 N–H and O–H groups in total. The molecule has 0 spiro atoms. The van der Waals surface area contributed by atoms with Crippen molar-refractivity contribution in [1.29, 1.82) is 0 Å². The monoisotopic (exact) mass is 369 g/mol. The molecule has 0 radical (unpaired) electrons. The molecule has 3 atom stereocenters. The third kappa shape index (κ3) is 5.26. The third-order valence-electron chi connectivity index (χ3n) is 7.16. The number of fused-ring (bicyclic) bond motifs is 1. The van der Waals surface area contributed by atoms with Crippen LogP contribution in [0.15, 0.2) is 24.3 Å². The summed E-state index contributed by atoms with van der Waals surface area (Å²) in [5.74, 6) is 0.939. The van der Waals surface area contributed by atoms with Crippen LogP contribution in [0.2, 0.25) is 0 Å². The molecule has 0 bridgehead atoms. The summed E-state index contributed by atoms with van der Waals surface area (Å²) >= 11 is 0. The van der Waals surface area contributed by atoms with E-state index in [2.05, 4.69) is 39.8 Å². The average molecular weight is 370 g/mol. The standard InChI is InChI=1S/C24H39N3/c1(2-7-20-8-6-16-25-19-20)4-17-26-22-12-10-21(11-13-22)24-15-14-23-9-3-5-18-27(23)24/h10-13,20,23-26H,1-9,14-19H2. The van der Waals surface area contributed by atoms with E-state index in [0.717, 1.165) is 18.5 Å². The Bertz CT molecular complexity index is 549. The van der Waals surface area contributed by atoms with Crippen molar-refractivity contribution in [2.24, 2.45) is 5.92 Å². The van der Waals surface area contributed by atoms with E-state index >= 15 is 0 Å². The molecule has 0 aliphatic carbocycles. The highest BCUT2D eigenvalue weighted by atomic mass is 15.2. The van der Waals surface area contributed by atoms with Gasteiger partial charge in [0.1, 0.15) is 0 Å². The number of hydrogen-bond acceptors (Lipinski definition) is 3. The maximum absolute atomic E-state index is 3.63. The Kier molecular flexibility index (Phi) is 7.09. The summed E-state index contributed by atoms with van der Waals surface area (Å²) in [4.78, 5) is 2.79. The number of anilines is 1. The molecule has 0 aromatic heterocycles. The Morgan fingerprint density at radius 3 is 2.70 bits per heavy atom. The van der Waals surface area contributed by atoms with E-state index in [0.29, 0.717) is 6.04 Å². The van der Waals surface area contributed by atoms with Gasteiger partial charge in [-0.1, -0.05) is 31.4 Å². The highest BCUT2D eigenvalue weighted by Gasteiger charge is 2.35. The first-order valence-corrected chi connectivity index (χ1v) is 11.7. The fourth-order valence-electron chi connectivity index (χ4n) is 5.58.